The first kappa shape index (κ1) is 13.0. The third-order valence-electron chi connectivity index (χ3n) is 2.05. The fourth-order valence-corrected chi connectivity index (χ4v) is 1.27. The number of aliphatic carboxylic acids is 1. The highest BCUT2D eigenvalue weighted by molar-refractivity contribution is 5.70. The standard InChI is InChI=1S/C12H15NO4/c1-9(7-11(14)15)13-12(16)17-8-10-5-3-2-4-6-10/h2-6,9H,7-8H2,1H3,(H,13,16)(H,14,15)/p-1/t9-/m1/s1. The molecule has 0 saturated carbocycles. The van der Waals surface area contributed by atoms with E-state index in [-0.39, 0.29) is 13.0 Å². The van der Waals surface area contributed by atoms with E-state index in [1.807, 2.05) is 30.3 Å². The van der Waals surface area contributed by atoms with Crippen LogP contribution < -0.4 is 10.4 Å². The monoisotopic (exact) mass is 236 g/mol. The molecule has 92 valence electrons. The summed E-state index contributed by atoms with van der Waals surface area (Å²) < 4.78 is 4.92. The minimum atomic E-state index is -1.21. The number of nitrogens with one attached hydrogen (secondary N) is 1. The number of carbonyl (C=O) groups is 2. The molecule has 1 aromatic rings. The first-order valence-corrected chi connectivity index (χ1v) is 5.25. The van der Waals surface area contributed by atoms with Gasteiger partial charge in [-0.2, -0.15) is 0 Å². The van der Waals surface area contributed by atoms with Crippen LogP contribution in [0.25, 0.3) is 0 Å². The molecule has 0 saturated heterocycles. The third kappa shape index (κ3) is 5.55. The molecule has 0 aliphatic heterocycles. The van der Waals surface area contributed by atoms with E-state index in [4.69, 9.17) is 4.74 Å². The van der Waals surface area contributed by atoms with Crippen molar-refractivity contribution in [1.29, 1.82) is 0 Å². The van der Waals surface area contributed by atoms with Crippen molar-refractivity contribution >= 4 is 12.1 Å². The molecule has 5 nitrogen and oxygen atoms in total. The van der Waals surface area contributed by atoms with Gasteiger partial charge in [0.15, 0.2) is 0 Å². The van der Waals surface area contributed by atoms with Gasteiger partial charge in [-0.25, -0.2) is 4.79 Å². The molecule has 1 aromatic carbocycles. The van der Waals surface area contributed by atoms with Crippen molar-refractivity contribution in [3.8, 4) is 0 Å². The molecule has 0 aliphatic carbocycles. The van der Waals surface area contributed by atoms with E-state index >= 15 is 0 Å². The van der Waals surface area contributed by atoms with Crippen molar-refractivity contribution in [3.63, 3.8) is 0 Å². The second kappa shape index (κ2) is 6.52. The molecule has 0 aliphatic rings. The number of alkyl carbamates (subject to hydrolysis) is 1. The van der Waals surface area contributed by atoms with Gasteiger partial charge in [-0.1, -0.05) is 30.3 Å². The Balaban J connectivity index is 2.28. The van der Waals surface area contributed by atoms with Crippen molar-refractivity contribution in [2.45, 2.75) is 26.0 Å². The highest BCUT2D eigenvalue weighted by Crippen LogP contribution is 2.01. The number of carbonyl (C=O) groups excluding carboxylic acids is 2. The van der Waals surface area contributed by atoms with Crippen molar-refractivity contribution in [2.75, 3.05) is 0 Å². The fraction of sp³-hybridized carbons (Fsp3) is 0.333. The molecule has 0 aromatic heterocycles. The first-order valence-electron chi connectivity index (χ1n) is 5.25. The molecular formula is C12H14NO4-. The summed E-state index contributed by atoms with van der Waals surface area (Å²) in [5.74, 6) is -1.21. The van der Waals surface area contributed by atoms with Crippen LogP contribution >= 0.6 is 0 Å². The lowest BCUT2D eigenvalue weighted by molar-refractivity contribution is -0.306. The minimum absolute atomic E-state index is 0.157. The number of rotatable bonds is 5. The average Bonchev–Trinajstić information content (AvgIpc) is 2.26. The van der Waals surface area contributed by atoms with Crippen LogP contribution in [0, 0.1) is 0 Å². The van der Waals surface area contributed by atoms with E-state index in [2.05, 4.69) is 5.32 Å². The Bertz CT molecular complexity index is 377. The molecule has 1 amide bonds. The topological polar surface area (TPSA) is 78.5 Å². The molecule has 0 heterocycles. The third-order valence-corrected chi connectivity index (χ3v) is 2.05. The lowest BCUT2D eigenvalue weighted by atomic mass is 10.2. The maximum absolute atomic E-state index is 11.3. The molecule has 0 radical (unpaired) electrons. The zero-order valence-corrected chi connectivity index (χ0v) is 9.51. The number of hydrogen-bond acceptors (Lipinski definition) is 4. The quantitative estimate of drug-likeness (QED) is 0.804. The number of amides is 1. The van der Waals surface area contributed by atoms with Crippen molar-refractivity contribution in [3.05, 3.63) is 35.9 Å². The Hall–Kier alpha value is -2.04. The molecule has 0 unspecified atom stereocenters. The Morgan fingerprint density at radius 1 is 1.35 bits per heavy atom. The molecule has 1 rings (SSSR count). The predicted octanol–water partition coefficient (Wildman–Crippen LogP) is 0.441. The second-order valence-electron chi connectivity index (χ2n) is 3.68. The van der Waals surface area contributed by atoms with Gasteiger partial charge in [-0.15, -0.1) is 0 Å². The average molecular weight is 236 g/mol. The maximum Gasteiger partial charge on any atom is 0.407 e. The summed E-state index contributed by atoms with van der Waals surface area (Å²) in [6, 6.07) is 8.70. The van der Waals surface area contributed by atoms with E-state index in [1.54, 1.807) is 6.92 Å². The molecular weight excluding hydrogens is 222 g/mol. The lowest BCUT2D eigenvalue weighted by Gasteiger charge is -2.14. The van der Waals surface area contributed by atoms with Crippen LogP contribution in [0.1, 0.15) is 18.9 Å². The van der Waals surface area contributed by atoms with Crippen LogP contribution in [-0.4, -0.2) is 18.1 Å². The van der Waals surface area contributed by atoms with E-state index < -0.39 is 18.1 Å². The lowest BCUT2D eigenvalue weighted by Crippen LogP contribution is -2.38. The van der Waals surface area contributed by atoms with Crippen LogP contribution in [0.2, 0.25) is 0 Å². The van der Waals surface area contributed by atoms with Crippen molar-refractivity contribution in [2.24, 2.45) is 0 Å². The van der Waals surface area contributed by atoms with Crippen LogP contribution in [0.15, 0.2) is 30.3 Å². The first-order chi connectivity index (χ1) is 8.08. The summed E-state index contributed by atoms with van der Waals surface area (Å²) in [5.41, 5.74) is 0.871. The molecule has 0 fully saturated rings. The van der Waals surface area contributed by atoms with Gasteiger partial charge in [-0.3, -0.25) is 0 Å². The van der Waals surface area contributed by atoms with Crippen molar-refractivity contribution in [1.82, 2.24) is 5.32 Å². The van der Waals surface area contributed by atoms with Gasteiger partial charge in [-0.05, 0) is 12.5 Å². The van der Waals surface area contributed by atoms with Crippen LogP contribution in [0.5, 0.6) is 0 Å². The van der Waals surface area contributed by atoms with Crippen LogP contribution in [0.3, 0.4) is 0 Å². The van der Waals surface area contributed by atoms with E-state index in [1.165, 1.54) is 0 Å². The number of carboxylic acids is 1. The summed E-state index contributed by atoms with van der Waals surface area (Å²) in [7, 11) is 0. The minimum Gasteiger partial charge on any atom is -0.550 e. The van der Waals surface area contributed by atoms with Gasteiger partial charge in [0.2, 0.25) is 0 Å². The number of benzene rings is 1. The number of ether oxygens (including phenoxy) is 1. The van der Waals surface area contributed by atoms with Gasteiger partial charge in [0.05, 0.1) is 0 Å². The number of carboxylic acid groups (broad SMARTS) is 1. The molecule has 1 atom stereocenters. The Morgan fingerprint density at radius 3 is 2.59 bits per heavy atom. The Labute approximate surface area is 99.4 Å². The van der Waals surface area contributed by atoms with Crippen LogP contribution in [-0.2, 0) is 16.1 Å². The normalized spacial score (nSPS) is 11.6. The smallest absolute Gasteiger partial charge is 0.407 e. The summed E-state index contributed by atoms with van der Waals surface area (Å²) in [4.78, 5) is 21.5. The predicted molar refractivity (Wildman–Crippen MR) is 58.8 cm³/mol. The molecule has 0 spiro atoms. The molecule has 1 N–H and O–H groups in total. The highest BCUT2D eigenvalue weighted by atomic mass is 16.5. The second-order valence-corrected chi connectivity index (χ2v) is 3.68. The summed E-state index contributed by atoms with van der Waals surface area (Å²) in [5, 5.41) is 12.7. The highest BCUT2D eigenvalue weighted by Gasteiger charge is 2.08. The number of hydrogen-bond donors (Lipinski definition) is 1. The van der Waals surface area contributed by atoms with Crippen LogP contribution in [0.4, 0.5) is 4.79 Å². The zero-order valence-electron chi connectivity index (χ0n) is 9.51. The fourth-order valence-electron chi connectivity index (χ4n) is 1.27. The Morgan fingerprint density at radius 2 is 2.00 bits per heavy atom. The van der Waals surface area contributed by atoms with E-state index in [0.717, 1.165) is 5.56 Å². The van der Waals surface area contributed by atoms with E-state index in [0.29, 0.717) is 0 Å². The molecule has 0 bridgehead atoms. The van der Waals surface area contributed by atoms with Gasteiger partial charge in [0, 0.05) is 18.4 Å². The van der Waals surface area contributed by atoms with Gasteiger partial charge >= 0.3 is 6.09 Å². The Kier molecular flexibility index (Phi) is 5.00. The summed E-state index contributed by atoms with van der Waals surface area (Å²) in [6.45, 7) is 1.73. The van der Waals surface area contributed by atoms with Gasteiger partial charge in [0.25, 0.3) is 0 Å². The summed E-state index contributed by atoms with van der Waals surface area (Å²) in [6.07, 6.45) is -0.872. The molecule has 5 heteroatoms. The van der Waals surface area contributed by atoms with E-state index in [9.17, 15) is 14.7 Å². The summed E-state index contributed by atoms with van der Waals surface area (Å²) >= 11 is 0. The zero-order chi connectivity index (χ0) is 12.7. The van der Waals surface area contributed by atoms with Gasteiger partial charge in [0.1, 0.15) is 6.61 Å². The SMILES string of the molecule is C[C@H](CC(=O)[O-])NC(=O)OCc1ccccc1. The van der Waals surface area contributed by atoms with Gasteiger partial charge < -0.3 is 20.0 Å². The molecule has 17 heavy (non-hydrogen) atoms. The van der Waals surface area contributed by atoms with Crippen molar-refractivity contribution < 1.29 is 19.4 Å². The maximum atomic E-state index is 11.3. The largest absolute Gasteiger partial charge is 0.550 e.